The molecule has 24 heavy (non-hydrogen) atoms. The number of pyridine rings is 1. The average molecular weight is 331 g/mol. The van der Waals surface area contributed by atoms with Crippen LogP contribution in [0.15, 0.2) is 42.6 Å². The molecule has 0 atom stereocenters. The molecule has 0 aliphatic carbocycles. The van der Waals surface area contributed by atoms with Crippen LogP contribution in [0.2, 0.25) is 0 Å². The van der Waals surface area contributed by atoms with Gasteiger partial charge in [-0.1, -0.05) is 0 Å². The lowest BCUT2D eigenvalue weighted by Gasteiger charge is -2.19. The second-order valence-corrected chi connectivity index (χ2v) is 5.86. The molecule has 1 aromatic heterocycles. The average Bonchev–Trinajstić information content (AvgIpc) is 2.46. The summed E-state index contributed by atoms with van der Waals surface area (Å²) in [6.07, 6.45) is 0.843. The summed E-state index contributed by atoms with van der Waals surface area (Å²) >= 11 is 0. The molecule has 8 heteroatoms. The van der Waals surface area contributed by atoms with Crippen molar-refractivity contribution in [3.8, 4) is 11.5 Å². The van der Waals surface area contributed by atoms with Gasteiger partial charge in [-0.2, -0.15) is 0 Å². The fourth-order valence-corrected chi connectivity index (χ4v) is 1.72. The molecule has 1 amide bonds. The number of carbonyl (C=O) groups excluding carboxylic acids is 1. The van der Waals surface area contributed by atoms with E-state index >= 15 is 0 Å². The number of anilines is 1. The molecule has 0 saturated heterocycles. The van der Waals surface area contributed by atoms with Crippen molar-refractivity contribution in [1.82, 2.24) is 4.98 Å². The minimum atomic E-state index is -0.623. The first kappa shape index (κ1) is 17.2. The lowest BCUT2D eigenvalue weighted by Crippen LogP contribution is -2.27. The van der Waals surface area contributed by atoms with Gasteiger partial charge in [-0.3, -0.25) is 15.4 Å². The molecule has 126 valence electrons. The van der Waals surface area contributed by atoms with E-state index in [9.17, 15) is 14.9 Å². The summed E-state index contributed by atoms with van der Waals surface area (Å²) in [7, 11) is 0. The molecule has 0 spiro atoms. The number of carbonyl (C=O) groups is 1. The third-order valence-corrected chi connectivity index (χ3v) is 2.64. The normalized spacial score (nSPS) is 10.8. The van der Waals surface area contributed by atoms with Gasteiger partial charge in [0.2, 0.25) is 0 Å². The van der Waals surface area contributed by atoms with Crippen molar-refractivity contribution >= 4 is 17.6 Å². The van der Waals surface area contributed by atoms with Crippen molar-refractivity contribution in [3.63, 3.8) is 0 Å². The molecule has 0 aliphatic rings. The van der Waals surface area contributed by atoms with Crippen molar-refractivity contribution in [2.45, 2.75) is 26.4 Å². The molecule has 0 radical (unpaired) electrons. The second kappa shape index (κ2) is 6.95. The largest absolute Gasteiger partial charge is 0.457 e. The van der Waals surface area contributed by atoms with Gasteiger partial charge in [0.05, 0.1) is 4.92 Å². The Morgan fingerprint density at radius 1 is 1.17 bits per heavy atom. The molecule has 0 saturated carbocycles. The number of amides is 1. The maximum absolute atomic E-state index is 11.7. The van der Waals surface area contributed by atoms with Gasteiger partial charge < -0.3 is 9.47 Å². The van der Waals surface area contributed by atoms with E-state index in [1.807, 2.05) is 0 Å². The van der Waals surface area contributed by atoms with Gasteiger partial charge >= 0.3 is 6.09 Å². The van der Waals surface area contributed by atoms with Crippen molar-refractivity contribution in [2.24, 2.45) is 0 Å². The van der Waals surface area contributed by atoms with Crippen LogP contribution in [0.25, 0.3) is 0 Å². The first-order chi connectivity index (χ1) is 11.2. The predicted molar refractivity (Wildman–Crippen MR) is 87.3 cm³/mol. The molecule has 1 aromatic carbocycles. The standard InChI is InChI=1S/C16H17N3O5/c1-16(2,3)24-15(20)18-14-10-13(8-9-17-14)23-12-6-4-11(5-7-12)19(21)22/h4-10H,1-3H3,(H,17,18,20). The highest BCUT2D eigenvalue weighted by Crippen LogP contribution is 2.25. The van der Waals surface area contributed by atoms with E-state index in [0.717, 1.165) is 0 Å². The zero-order chi connectivity index (χ0) is 17.7. The molecule has 1 heterocycles. The molecule has 0 bridgehead atoms. The van der Waals surface area contributed by atoms with Gasteiger partial charge in [0.15, 0.2) is 0 Å². The number of ether oxygens (including phenoxy) is 2. The van der Waals surface area contributed by atoms with Gasteiger partial charge in [-0.15, -0.1) is 0 Å². The maximum atomic E-state index is 11.7. The van der Waals surface area contributed by atoms with E-state index in [4.69, 9.17) is 9.47 Å². The fourth-order valence-electron chi connectivity index (χ4n) is 1.72. The van der Waals surface area contributed by atoms with Gasteiger partial charge in [-0.05, 0) is 39.0 Å². The molecule has 0 unspecified atom stereocenters. The Labute approximate surface area is 138 Å². The molecule has 2 aromatic rings. The predicted octanol–water partition coefficient (Wildman–Crippen LogP) is 4.13. The van der Waals surface area contributed by atoms with E-state index < -0.39 is 16.6 Å². The third kappa shape index (κ3) is 5.24. The lowest BCUT2D eigenvalue weighted by molar-refractivity contribution is -0.384. The molecule has 8 nitrogen and oxygen atoms in total. The number of rotatable bonds is 4. The Kier molecular flexibility index (Phi) is 4.98. The van der Waals surface area contributed by atoms with Gasteiger partial charge in [-0.25, -0.2) is 9.78 Å². The van der Waals surface area contributed by atoms with E-state index in [0.29, 0.717) is 11.5 Å². The van der Waals surface area contributed by atoms with Crippen molar-refractivity contribution in [2.75, 3.05) is 5.32 Å². The van der Waals surface area contributed by atoms with Crippen LogP contribution >= 0.6 is 0 Å². The van der Waals surface area contributed by atoms with E-state index in [2.05, 4.69) is 10.3 Å². The van der Waals surface area contributed by atoms with Crippen LogP contribution in [0, 0.1) is 10.1 Å². The van der Waals surface area contributed by atoms with Gasteiger partial charge in [0, 0.05) is 24.4 Å². The number of nitrogens with zero attached hydrogens (tertiary/aromatic N) is 2. The minimum absolute atomic E-state index is 0.0237. The highest BCUT2D eigenvalue weighted by Gasteiger charge is 2.16. The molecule has 1 N–H and O–H groups in total. The number of nitro groups is 1. The highest BCUT2D eigenvalue weighted by atomic mass is 16.6. The molecule has 0 aliphatic heterocycles. The summed E-state index contributed by atoms with van der Waals surface area (Å²) < 4.78 is 10.7. The van der Waals surface area contributed by atoms with Crippen LogP contribution < -0.4 is 10.1 Å². The maximum Gasteiger partial charge on any atom is 0.413 e. The van der Waals surface area contributed by atoms with E-state index in [1.165, 1.54) is 36.5 Å². The Balaban J connectivity index is 2.04. The van der Waals surface area contributed by atoms with Crippen LogP contribution in [0.5, 0.6) is 11.5 Å². The van der Waals surface area contributed by atoms with Gasteiger partial charge in [0.1, 0.15) is 22.9 Å². The Bertz CT molecular complexity index is 738. The van der Waals surface area contributed by atoms with Crippen molar-refractivity contribution in [3.05, 3.63) is 52.7 Å². The van der Waals surface area contributed by atoms with Crippen molar-refractivity contribution in [1.29, 1.82) is 0 Å². The van der Waals surface area contributed by atoms with Gasteiger partial charge in [0.25, 0.3) is 5.69 Å². The first-order valence-corrected chi connectivity index (χ1v) is 7.11. The summed E-state index contributed by atoms with van der Waals surface area (Å²) in [5, 5.41) is 13.1. The number of aromatic nitrogens is 1. The second-order valence-electron chi connectivity index (χ2n) is 5.86. The molecule has 2 rings (SSSR count). The number of non-ortho nitro benzene ring substituents is 1. The van der Waals surface area contributed by atoms with E-state index in [-0.39, 0.29) is 11.5 Å². The quantitative estimate of drug-likeness (QED) is 0.667. The van der Waals surface area contributed by atoms with Crippen molar-refractivity contribution < 1.29 is 19.2 Å². The monoisotopic (exact) mass is 331 g/mol. The summed E-state index contributed by atoms with van der Waals surface area (Å²) in [4.78, 5) is 25.9. The Hall–Kier alpha value is -3.16. The van der Waals surface area contributed by atoms with Crippen LogP contribution in [-0.2, 0) is 4.74 Å². The van der Waals surface area contributed by atoms with Crippen LogP contribution in [0.1, 0.15) is 20.8 Å². The minimum Gasteiger partial charge on any atom is -0.457 e. The Morgan fingerprint density at radius 2 is 1.83 bits per heavy atom. The third-order valence-electron chi connectivity index (χ3n) is 2.64. The molecular formula is C16H17N3O5. The number of benzene rings is 1. The number of nitro benzene ring substituents is 1. The summed E-state index contributed by atoms with van der Waals surface area (Å²) in [5.41, 5.74) is -0.638. The topological polar surface area (TPSA) is 104 Å². The van der Waals surface area contributed by atoms with Crippen LogP contribution in [-0.4, -0.2) is 21.6 Å². The van der Waals surface area contributed by atoms with Crippen LogP contribution in [0.3, 0.4) is 0 Å². The molecular weight excluding hydrogens is 314 g/mol. The summed E-state index contributed by atoms with van der Waals surface area (Å²) in [5.74, 6) is 1.11. The summed E-state index contributed by atoms with van der Waals surface area (Å²) in [6.45, 7) is 5.27. The lowest BCUT2D eigenvalue weighted by atomic mass is 10.2. The number of nitrogens with one attached hydrogen (secondary N) is 1. The Morgan fingerprint density at radius 3 is 2.42 bits per heavy atom. The zero-order valence-electron chi connectivity index (χ0n) is 13.5. The fraction of sp³-hybridized carbons (Fsp3) is 0.250. The zero-order valence-corrected chi connectivity index (χ0v) is 13.5. The van der Waals surface area contributed by atoms with Crippen LogP contribution in [0.4, 0.5) is 16.3 Å². The highest BCUT2D eigenvalue weighted by molar-refractivity contribution is 5.83. The number of hydrogen-bond acceptors (Lipinski definition) is 6. The first-order valence-electron chi connectivity index (χ1n) is 7.11. The summed E-state index contributed by atoms with van der Waals surface area (Å²) in [6, 6.07) is 8.78. The SMILES string of the molecule is CC(C)(C)OC(=O)Nc1cc(Oc2ccc([N+](=O)[O-])cc2)ccn1. The number of hydrogen-bond donors (Lipinski definition) is 1. The van der Waals surface area contributed by atoms with E-state index in [1.54, 1.807) is 26.8 Å². The molecule has 0 fully saturated rings. The smallest absolute Gasteiger partial charge is 0.413 e.